The van der Waals surface area contributed by atoms with Crippen molar-refractivity contribution in [2.45, 2.75) is 38.0 Å². The molecule has 5 heterocycles. The van der Waals surface area contributed by atoms with Crippen LogP contribution in [0, 0.1) is 0 Å². The molecule has 3 aromatic rings. The average Bonchev–Trinajstić information content (AvgIpc) is 3.33. The Bertz CT molecular complexity index is 1190. The highest BCUT2D eigenvalue weighted by Crippen LogP contribution is 2.35. The fraction of sp³-hybridized carbons (Fsp3) is 0.455. The van der Waals surface area contributed by atoms with Crippen molar-refractivity contribution < 1.29 is 13.2 Å². The molecule has 0 aromatic carbocycles. The number of pyridine rings is 1. The lowest BCUT2D eigenvalue weighted by Gasteiger charge is -2.32. The molecule has 0 saturated carbocycles. The third-order valence-corrected chi connectivity index (χ3v) is 6.12. The topological polar surface area (TPSA) is 82.7 Å². The van der Waals surface area contributed by atoms with Crippen LogP contribution in [-0.4, -0.2) is 75.5 Å². The maximum atomic E-state index is 14.4. The lowest BCUT2D eigenvalue weighted by atomic mass is 10.0. The number of fused-ring (bicyclic) bond motifs is 2. The van der Waals surface area contributed by atoms with Crippen LogP contribution in [0.15, 0.2) is 35.6 Å². The number of alkyl halides is 3. The van der Waals surface area contributed by atoms with Crippen molar-refractivity contribution in [1.29, 1.82) is 0 Å². The van der Waals surface area contributed by atoms with Crippen LogP contribution in [0.25, 0.3) is 16.8 Å². The summed E-state index contributed by atoms with van der Waals surface area (Å²) in [6.07, 6.45) is 0.703. The highest BCUT2D eigenvalue weighted by molar-refractivity contribution is 5.95. The van der Waals surface area contributed by atoms with E-state index in [0.29, 0.717) is 41.7 Å². The molecule has 1 fully saturated rings. The molecule has 3 atom stereocenters. The largest absolute Gasteiger partial charge is 0.347 e. The van der Waals surface area contributed by atoms with Gasteiger partial charge in [0.15, 0.2) is 0 Å². The van der Waals surface area contributed by atoms with Crippen LogP contribution in [0.4, 0.5) is 24.8 Å². The molecular weight excluding hydrogens is 433 g/mol. The lowest BCUT2D eigenvalue weighted by Crippen LogP contribution is -2.46. The summed E-state index contributed by atoms with van der Waals surface area (Å²) in [5, 5.41) is 10.4. The highest BCUT2D eigenvalue weighted by Gasteiger charge is 2.29. The van der Waals surface area contributed by atoms with Crippen LogP contribution >= 0.6 is 0 Å². The molecule has 1 unspecified atom stereocenters. The van der Waals surface area contributed by atoms with Gasteiger partial charge in [0.05, 0.1) is 47.4 Å². The summed E-state index contributed by atoms with van der Waals surface area (Å²) in [6.45, 7) is 2.56. The molecule has 5 rings (SSSR count). The predicted octanol–water partition coefficient (Wildman–Crippen LogP) is 3.25. The minimum atomic E-state index is -2.46. The zero-order chi connectivity index (χ0) is 23.1. The number of aromatic nitrogens is 4. The summed E-state index contributed by atoms with van der Waals surface area (Å²) in [5.74, 6) is 0.365. The molecule has 8 nitrogen and oxygen atoms in total. The second-order valence-electron chi connectivity index (χ2n) is 8.55. The number of halogens is 3. The molecule has 0 bridgehead atoms. The molecule has 3 aromatic heterocycles. The zero-order valence-corrected chi connectivity index (χ0v) is 18.3. The number of hydrogen-bond donors (Lipinski definition) is 2. The summed E-state index contributed by atoms with van der Waals surface area (Å²) in [5.41, 5.74) is 4.23. The number of likely N-dealkylation sites (tertiary alicyclic amines) is 1. The van der Waals surface area contributed by atoms with Gasteiger partial charge < -0.3 is 10.2 Å². The smallest absolute Gasteiger partial charge is 0.250 e. The summed E-state index contributed by atoms with van der Waals surface area (Å²) in [4.78, 5) is 15.5. The van der Waals surface area contributed by atoms with E-state index in [4.69, 9.17) is 4.98 Å². The average molecular weight is 458 g/mol. The third-order valence-electron chi connectivity index (χ3n) is 6.12. The van der Waals surface area contributed by atoms with Gasteiger partial charge in [0, 0.05) is 30.6 Å². The Morgan fingerprint density at radius 3 is 2.88 bits per heavy atom. The molecule has 174 valence electrons. The molecule has 0 amide bonds. The van der Waals surface area contributed by atoms with Crippen molar-refractivity contribution in [3.8, 4) is 11.3 Å². The predicted molar refractivity (Wildman–Crippen MR) is 120 cm³/mol. The molecule has 11 heteroatoms. The molecule has 1 saturated heterocycles. The van der Waals surface area contributed by atoms with Gasteiger partial charge in [-0.3, -0.25) is 10.3 Å². The Morgan fingerprint density at radius 2 is 2.09 bits per heavy atom. The monoisotopic (exact) mass is 458 g/mol. The normalized spacial score (nSPS) is 23.2. The van der Waals surface area contributed by atoms with E-state index in [1.165, 1.54) is 0 Å². The molecule has 2 aliphatic rings. The van der Waals surface area contributed by atoms with E-state index in [0.717, 1.165) is 17.6 Å². The van der Waals surface area contributed by atoms with Gasteiger partial charge in [-0.25, -0.2) is 27.7 Å². The molecule has 2 aliphatic heterocycles. The van der Waals surface area contributed by atoms with Crippen molar-refractivity contribution in [2.24, 2.45) is 4.99 Å². The Labute approximate surface area is 188 Å². The van der Waals surface area contributed by atoms with Crippen molar-refractivity contribution in [1.82, 2.24) is 29.8 Å². The van der Waals surface area contributed by atoms with E-state index in [-0.39, 0.29) is 6.04 Å². The maximum absolute atomic E-state index is 14.4. The number of nitrogens with one attached hydrogen (secondary N) is 2. The van der Waals surface area contributed by atoms with E-state index in [2.05, 4.69) is 25.7 Å². The van der Waals surface area contributed by atoms with Crippen molar-refractivity contribution in [2.75, 3.05) is 32.0 Å². The minimum absolute atomic E-state index is 0.326. The summed E-state index contributed by atoms with van der Waals surface area (Å²) < 4.78 is 41.5. The van der Waals surface area contributed by atoms with Crippen LogP contribution in [-0.2, 0) is 0 Å². The van der Waals surface area contributed by atoms with Crippen LogP contribution < -0.4 is 10.6 Å². The number of hydrogen-bond acceptors (Lipinski definition) is 7. The van der Waals surface area contributed by atoms with E-state index in [1.807, 2.05) is 30.1 Å². The Balaban J connectivity index is 1.39. The van der Waals surface area contributed by atoms with Crippen molar-refractivity contribution in [3.05, 3.63) is 36.3 Å². The summed E-state index contributed by atoms with van der Waals surface area (Å²) >= 11 is 0. The molecule has 33 heavy (non-hydrogen) atoms. The van der Waals surface area contributed by atoms with Crippen molar-refractivity contribution >= 4 is 22.9 Å². The molecule has 2 N–H and O–H groups in total. The first-order valence-electron chi connectivity index (χ1n) is 10.9. The number of aliphatic imine (C=N–C) groups is 1. The Kier molecular flexibility index (Phi) is 5.75. The van der Waals surface area contributed by atoms with Gasteiger partial charge in [-0.1, -0.05) is 0 Å². The van der Waals surface area contributed by atoms with Gasteiger partial charge in [0.2, 0.25) is 5.95 Å². The van der Waals surface area contributed by atoms with Crippen LogP contribution in [0.3, 0.4) is 0 Å². The highest BCUT2D eigenvalue weighted by atomic mass is 19.3. The van der Waals surface area contributed by atoms with Crippen LogP contribution in [0.1, 0.15) is 25.1 Å². The lowest BCUT2D eigenvalue weighted by molar-refractivity contribution is 0.144. The second-order valence-corrected chi connectivity index (χ2v) is 8.55. The number of nitrogens with zero attached hydrogens (tertiary/aromatic N) is 6. The van der Waals surface area contributed by atoms with Gasteiger partial charge in [-0.15, -0.1) is 5.10 Å². The number of piperidine rings is 1. The minimum Gasteiger partial charge on any atom is -0.347 e. The van der Waals surface area contributed by atoms with E-state index >= 15 is 0 Å². The standard InChI is InChI=1S/C22H25F3N8/c1-12-20(26-10-19(24)25)21-17(28-12)4-3-15(29-21)13-5-8-33-18(13)9-27-22(31-33)30-16-6-7-32(2)11-14(16)23/h3-5,8-9,14,16,19-20,26H,6-7,10-11H2,1-2H3,(H,30,31)/t14-,16-,20?/m0/s1. The first-order valence-corrected chi connectivity index (χ1v) is 10.9. The number of anilines is 1. The number of rotatable bonds is 6. The van der Waals surface area contributed by atoms with E-state index < -0.39 is 25.2 Å². The Morgan fingerprint density at radius 1 is 1.24 bits per heavy atom. The second kappa shape index (κ2) is 8.71. The molecule has 0 aliphatic carbocycles. The quantitative estimate of drug-likeness (QED) is 0.590. The molecule has 0 spiro atoms. The van der Waals surface area contributed by atoms with Crippen LogP contribution in [0.2, 0.25) is 0 Å². The van der Waals surface area contributed by atoms with Gasteiger partial charge in [-0.05, 0) is 38.6 Å². The SMILES string of the molecule is CC1=Nc2ccc(-c3ccn4nc(N[C@H]5CCN(C)C[C@@H]5F)ncc34)nc2C1NCC(F)F. The maximum Gasteiger partial charge on any atom is 0.250 e. The van der Waals surface area contributed by atoms with E-state index in [1.54, 1.807) is 23.8 Å². The summed E-state index contributed by atoms with van der Waals surface area (Å²) in [7, 11) is 1.91. The van der Waals surface area contributed by atoms with Gasteiger partial charge in [0.1, 0.15) is 6.17 Å². The van der Waals surface area contributed by atoms with Gasteiger partial charge in [0.25, 0.3) is 6.43 Å². The first kappa shape index (κ1) is 21.8. The van der Waals surface area contributed by atoms with Gasteiger partial charge >= 0.3 is 0 Å². The Hall–Kier alpha value is -3.05. The fourth-order valence-electron chi connectivity index (χ4n) is 4.40. The van der Waals surface area contributed by atoms with Crippen molar-refractivity contribution in [3.63, 3.8) is 0 Å². The van der Waals surface area contributed by atoms with Crippen LogP contribution in [0.5, 0.6) is 0 Å². The molecule has 0 radical (unpaired) electrons. The van der Waals surface area contributed by atoms with E-state index in [9.17, 15) is 13.2 Å². The molecular formula is C22H25F3N8. The third kappa shape index (κ3) is 4.30. The first-order chi connectivity index (χ1) is 15.9. The van der Waals surface area contributed by atoms with Gasteiger partial charge in [-0.2, -0.15) is 0 Å². The fourth-order valence-corrected chi connectivity index (χ4v) is 4.40. The zero-order valence-electron chi connectivity index (χ0n) is 18.3. The summed E-state index contributed by atoms with van der Waals surface area (Å²) in [6, 6.07) is 4.79.